The van der Waals surface area contributed by atoms with Gasteiger partial charge in [-0.25, -0.2) is 4.39 Å². The van der Waals surface area contributed by atoms with Crippen molar-refractivity contribution in [2.24, 2.45) is 0 Å². The van der Waals surface area contributed by atoms with Gasteiger partial charge in [-0.3, -0.25) is 4.79 Å². The zero-order valence-electron chi connectivity index (χ0n) is 16.2. The summed E-state index contributed by atoms with van der Waals surface area (Å²) in [6, 6.07) is 11.3. The van der Waals surface area contributed by atoms with E-state index in [-0.39, 0.29) is 11.7 Å². The van der Waals surface area contributed by atoms with Gasteiger partial charge in [0.05, 0.1) is 5.69 Å². The first kappa shape index (κ1) is 19.6. The normalized spacial score (nSPS) is 20.2. The van der Waals surface area contributed by atoms with Gasteiger partial charge in [-0.15, -0.1) is 0 Å². The van der Waals surface area contributed by atoms with Crippen molar-refractivity contribution in [3.63, 3.8) is 0 Å². The number of piperidine rings is 1. The van der Waals surface area contributed by atoms with Crippen molar-refractivity contribution in [1.29, 1.82) is 0 Å². The maximum atomic E-state index is 13.2. The first-order valence-electron chi connectivity index (χ1n) is 10.1. The first-order valence-corrected chi connectivity index (χ1v) is 10.9. The molecule has 2 aliphatic rings. The van der Waals surface area contributed by atoms with Crippen LogP contribution in [0.15, 0.2) is 40.9 Å². The molecule has 1 heterocycles. The van der Waals surface area contributed by atoms with E-state index in [1.807, 2.05) is 12.1 Å². The van der Waals surface area contributed by atoms with Crippen LogP contribution in [0.4, 0.5) is 10.1 Å². The quantitative estimate of drug-likeness (QED) is 0.678. The summed E-state index contributed by atoms with van der Waals surface area (Å²) in [4.78, 5) is 14.0. The van der Waals surface area contributed by atoms with E-state index < -0.39 is 0 Å². The molecular formula is C23H26BrFN2O. The fraction of sp³-hybridized carbons (Fsp3) is 0.435. The number of carbonyl (C=O) groups is 1. The van der Waals surface area contributed by atoms with Gasteiger partial charge in [0.2, 0.25) is 5.91 Å². The number of nitrogens with one attached hydrogen (secondary N) is 1. The van der Waals surface area contributed by atoms with Gasteiger partial charge in [0.25, 0.3) is 0 Å². The largest absolute Gasteiger partial charge is 0.325 e. The highest BCUT2D eigenvalue weighted by atomic mass is 79.9. The van der Waals surface area contributed by atoms with Crippen molar-refractivity contribution in [3.05, 3.63) is 63.4 Å². The van der Waals surface area contributed by atoms with Gasteiger partial charge in [-0.2, -0.15) is 0 Å². The average Bonchev–Trinajstić information content (AvgIpc) is 3.04. The lowest BCUT2D eigenvalue weighted by Gasteiger charge is -2.34. The third-order valence-corrected chi connectivity index (χ3v) is 6.81. The Labute approximate surface area is 174 Å². The second-order valence-corrected chi connectivity index (χ2v) is 8.93. The van der Waals surface area contributed by atoms with Crippen LogP contribution in [0, 0.1) is 5.82 Å². The first-order chi connectivity index (χ1) is 13.5. The second kappa shape index (κ2) is 8.34. The number of rotatable bonds is 4. The molecule has 1 atom stereocenters. The molecule has 2 aromatic carbocycles. The molecule has 1 aliphatic heterocycles. The number of halogens is 2. The van der Waals surface area contributed by atoms with E-state index >= 15 is 0 Å². The minimum absolute atomic E-state index is 0.0435. The Morgan fingerprint density at radius 2 is 1.89 bits per heavy atom. The molecule has 1 aliphatic carbocycles. The van der Waals surface area contributed by atoms with Gasteiger partial charge in [0.15, 0.2) is 0 Å². The molecular weight excluding hydrogens is 419 g/mol. The van der Waals surface area contributed by atoms with E-state index in [0.717, 1.165) is 49.1 Å². The molecule has 2 aromatic rings. The Morgan fingerprint density at radius 3 is 2.57 bits per heavy atom. The van der Waals surface area contributed by atoms with Crippen LogP contribution >= 0.6 is 15.9 Å². The number of carbonyl (C=O) groups excluding carboxylic acids is 1. The lowest BCUT2D eigenvalue weighted by atomic mass is 9.89. The molecule has 0 spiro atoms. The van der Waals surface area contributed by atoms with Crippen LogP contribution in [-0.4, -0.2) is 30.4 Å². The topological polar surface area (TPSA) is 32.3 Å². The average molecular weight is 445 g/mol. The molecule has 0 bridgehead atoms. The highest BCUT2D eigenvalue weighted by molar-refractivity contribution is 9.10. The zero-order chi connectivity index (χ0) is 19.7. The number of benzene rings is 2. The Balaban J connectivity index is 1.39. The molecule has 3 nitrogen and oxygen atoms in total. The summed E-state index contributed by atoms with van der Waals surface area (Å²) in [6.45, 7) is 4.79. The van der Waals surface area contributed by atoms with E-state index in [1.165, 1.54) is 23.1 Å². The van der Waals surface area contributed by atoms with E-state index in [4.69, 9.17) is 0 Å². The van der Waals surface area contributed by atoms with Gasteiger partial charge >= 0.3 is 0 Å². The highest BCUT2D eigenvalue weighted by Crippen LogP contribution is 2.39. The molecule has 1 amide bonds. The van der Waals surface area contributed by atoms with Crippen LogP contribution in [0.2, 0.25) is 0 Å². The fourth-order valence-electron chi connectivity index (χ4n) is 4.68. The van der Waals surface area contributed by atoms with Crippen LogP contribution in [-0.2, 0) is 11.2 Å². The standard InChI is InChI=1S/C23H26BrFN2O/c1-15(28)26-23-13-21-18(12-22(23)24)2-3-19(21)14-27-10-8-17(9-11-27)16-4-6-20(25)7-5-16/h4-7,12-13,17,19H,2-3,8-11,14H2,1H3,(H,26,28). The molecule has 0 aromatic heterocycles. The maximum Gasteiger partial charge on any atom is 0.221 e. The van der Waals surface area contributed by atoms with Crippen molar-refractivity contribution in [2.45, 2.75) is 44.4 Å². The second-order valence-electron chi connectivity index (χ2n) is 8.07. The molecule has 5 heteroatoms. The van der Waals surface area contributed by atoms with Crippen molar-refractivity contribution in [1.82, 2.24) is 4.90 Å². The van der Waals surface area contributed by atoms with Crippen molar-refractivity contribution in [3.8, 4) is 0 Å². The summed E-state index contributed by atoms with van der Waals surface area (Å²) in [5, 5.41) is 2.93. The number of fused-ring (bicyclic) bond motifs is 1. The predicted octanol–water partition coefficient (Wildman–Crippen LogP) is 5.46. The number of anilines is 1. The molecule has 28 heavy (non-hydrogen) atoms. The Bertz CT molecular complexity index is 860. The SMILES string of the molecule is CC(=O)Nc1cc2c(cc1Br)CCC2CN1CCC(c2ccc(F)cc2)CC1. The number of aryl methyl sites for hydroxylation is 1. The molecule has 1 saturated heterocycles. The molecule has 1 fully saturated rings. The molecule has 0 radical (unpaired) electrons. The van der Waals surface area contributed by atoms with E-state index in [9.17, 15) is 9.18 Å². The van der Waals surface area contributed by atoms with Gasteiger partial charge in [0.1, 0.15) is 5.82 Å². The summed E-state index contributed by atoms with van der Waals surface area (Å²) in [6.07, 6.45) is 4.53. The number of nitrogens with zero attached hydrogens (tertiary/aromatic N) is 1. The minimum atomic E-state index is -0.161. The Hall–Kier alpha value is -1.72. The number of amides is 1. The van der Waals surface area contributed by atoms with Crippen LogP contribution in [0.3, 0.4) is 0 Å². The van der Waals surface area contributed by atoms with Crippen LogP contribution in [0.25, 0.3) is 0 Å². The van der Waals surface area contributed by atoms with E-state index in [0.29, 0.717) is 11.8 Å². The van der Waals surface area contributed by atoms with Crippen molar-refractivity contribution >= 4 is 27.5 Å². The fourth-order valence-corrected chi connectivity index (χ4v) is 5.17. The van der Waals surface area contributed by atoms with Gasteiger partial charge in [-0.05, 0) is 107 Å². The Kier molecular flexibility index (Phi) is 5.83. The Morgan fingerprint density at radius 1 is 1.18 bits per heavy atom. The van der Waals surface area contributed by atoms with Crippen LogP contribution in [0.5, 0.6) is 0 Å². The van der Waals surface area contributed by atoms with Gasteiger partial charge in [-0.1, -0.05) is 12.1 Å². The lowest BCUT2D eigenvalue weighted by molar-refractivity contribution is -0.114. The smallest absolute Gasteiger partial charge is 0.221 e. The van der Waals surface area contributed by atoms with Gasteiger partial charge < -0.3 is 10.2 Å². The number of hydrogen-bond acceptors (Lipinski definition) is 2. The molecule has 1 N–H and O–H groups in total. The minimum Gasteiger partial charge on any atom is -0.325 e. The summed E-state index contributed by atoms with van der Waals surface area (Å²) in [7, 11) is 0. The monoisotopic (exact) mass is 444 g/mol. The number of likely N-dealkylation sites (tertiary alicyclic amines) is 1. The molecule has 1 unspecified atom stereocenters. The third-order valence-electron chi connectivity index (χ3n) is 6.15. The number of hydrogen-bond donors (Lipinski definition) is 1. The van der Waals surface area contributed by atoms with E-state index in [1.54, 1.807) is 19.1 Å². The summed E-state index contributed by atoms with van der Waals surface area (Å²) in [5.41, 5.74) is 4.91. The summed E-state index contributed by atoms with van der Waals surface area (Å²) in [5.74, 6) is 0.859. The molecule has 148 valence electrons. The zero-order valence-corrected chi connectivity index (χ0v) is 17.8. The van der Waals surface area contributed by atoms with E-state index in [2.05, 4.69) is 38.3 Å². The van der Waals surface area contributed by atoms with Gasteiger partial charge in [0, 0.05) is 17.9 Å². The molecule has 4 rings (SSSR count). The summed E-state index contributed by atoms with van der Waals surface area (Å²) >= 11 is 3.58. The van der Waals surface area contributed by atoms with Crippen molar-refractivity contribution < 1.29 is 9.18 Å². The lowest BCUT2D eigenvalue weighted by Crippen LogP contribution is -2.35. The molecule has 0 saturated carbocycles. The maximum absolute atomic E-state index is 13.2. The van der Waals surface area contributed by atoms with Crippen LogP contribution in [0.1, 0.15) is 54.7 Å². The third kappa shape index (κ3) is 4.31. The van der Waals surface area contributed by atoms with Crippen molar-refractivity contribution in [2.75, 3.05) is 25.0 Å². The predicted molar refractivity (Wildman–Crippen MR) is 114 cm³/mol. The highest BCUT2D eigenvalue weighted by Gasteiger charge is 2.28. The van der Waals surface area contributed by atoms with Crippen LogP contribution < -0.4 is 5.32 Å². The summed E-state index contributed by atoms with van der Waals surface area (Å²) < 4.78 is 14.1.